The van der Waals surface area contributed by atoms with Crippen LogP contribution in [0.1, 0.15) is 39.3 Å². The van der Waals surface area contributed by atoms with Gasteiger partial charge in [0.05, 0.1) is 4.88 Å². The van der Waals surface area contributed by atoms with E-state index in [1.165, 1.54) is 11.3 Å². The maximum absolute atomic E-state index is 12.3. The number of nitrogens with two attached hydrogens (primary N) is 1. The van der Waals surface area contributed by atoms with Crippen LogP contribution < -0.4 is 11.1 Å². The topological polar surface area (TPSA) is 92.5 Å². The summed E-state index contributed by atoms with van der Waals surface area (Å²) in [5, 5.41) is 2.90. The van der Waals surface area contributed by atoms with Gasteiger partial charge in [0.25, 0.3) is 5.91 Å². The van der Waals surface area contributed by atoms with Gasteiger partial charge in [0.15, 0.2) is 0 Å². The summed E-state index contributed by atoms with van der Waals surface area (Å²) in [5.74, 6) is -0.359. The molecule has 0 bridgehead atoms. The van der Waals surface area contributed by atoms with Crippen molar-refractivity contribution >= 4 is 29.1 Å². The van der Waals surface area contributed by atoms with E-state index in [9.17, 15) is 14.4 Å². The first-order valence-electron chi connectivity index (χ1n) is 8.60. The van der Waals surface area contributed by atoms with Gasteiger partial charge in [0.1, 0.15) is 0 Å². The summed E-state index contributed by atoms with van der Waals surface area (Å²) >= 11 is 1.40. The molecule has 2 aromatic rings. The van der Waals surface area contributed by atoms with Gasteiger partial charge >= 0.3 is 0 Å². The molecule has 7 heteroatoms. The van der Waals surface area contributed by atoms with E-state index in [1.54, 1.807) is 18.2 Å². The van der Waals surface area contributed by atoms with E-state index in [1.807, 2.05) is 23.1 Å². The standard InChI is InChI=1S/C19H21N3O3S/c20-18(24)14-6-4-13(5-7-14)15-8-9-16(26-15)19(25)21-10-2-12-22-11-1-3-17(22)23/h4-9H,1-3,10-12H2,(H2,20,24)(H,21,25). The van der Waals surface area contributed by atoms with Gasteiger partial charge < -0.3 is 16.0 Å². The highest BCUT2D eigenvalue weighted by atomic mass is 32.1. The number of likely N-dealkylation sites (tertiary alicyclic amines) is 1. The Morgan fingerprint density at radius 1 is 1.15 bits per heavy atom. The molecule has 2 heterocycles. The van der Waals surface area contributed by atoms with Crippen LogP contribution in [0.4, 0.5) is 0 Å². The number of primary amides is 1. The van der Waals surface area contributed by atoms with Crippen molar-refractivity contribution < 1.29 is 14.4 Å². The Hall–Kier alpha value is -2.67. The second kappa shape index (κ2) is 8.14. The van der Waals surface area contributed by atoms with Crippen LogP contribution >= 0.6 is 11.3 Å². The van der Waals surface area contributed by atoms with Crippen LogP contribution in [0.5, 0.6) is 0 Å². The normalized spacial score (nSPS) is 13.8. The SMILES string of the molecule is NC(=O)c1ccc(-c2ccc(C(=O)NCCCN3CCCC3=O)s2)cc1. The van der Waals surface area contributed by atoms with Gasteiger partial charge in [-0.15, -0.1) is 11.3 Å². The van der Waals surface area contributed by atoms with Gasteiger partial charge in [-0.05, 0) is 42.7 Å². The molecule has 3 amide bonds. The Kier molecular flexibility index (Phi) is 5.68. The van der Waals surface area contributed by atoms with Gasteiger partial charge in [-0.3, -0.25) is 14.4 Å². The lowest BCUT2D eigenvalue weighted by Crippen LogP contribution is -2.30. The Morgan fingerprint density at radius 3 is 2.58 bits per heavy atom. The van der Waals surface area contributed by atoms with E-state index in [0.29, 0.717) is 30.0 Å². The van der Waals surface area contributed by atoms with Crippen molar-refractivity contribution in [1.29, 1.82) is 0 Å². The molecule has 1 saturated heterocycles. The molecule has 0 atom stereocenters. The number of rotatable bonds is 7. The smallest absolute Gasteiger partial charge is 0.261 e. The molecule has 0 spiro atoms. The van der Waals surface area contributed by atoms with Crippen LogP contribution in [0.25, 0.3) is 10.4 Å². The number of thiophene rings is 1. The number of nitrogens with one attached hydrogen (secondary N) is 1. The average Bonchev–Trinajstić information content (AvgIpc) is 3.28. The minimum atomic E-state index is -0.460. The van der Waals surface area contributed by atoms with E-state index in [4.69, 9.17) is 5.73 Å². The molecule has 3 rings (SSSR count). The van der Waals surface area contributed by atoms with Crippen LogP contribution in [-0.2, 0) is 4.79 Å². The van der Waals surface area contributed by atoms with Crippen molar-refractivity contribution in [3.8, 4) is 10.4 Å². The number of nitrogens with zero attached hydrogens (tertiary/aromatic N) is 1. The molecule has 1 fully saturated rings. The maximum atomic E-state index is 12.3. The maximum Gasteiger partial charge on any atom is 0.261 e. The number of carbonyl (C=O) groups excluding carboxylic acids is 3. The van der Waals surface area contributed by atoms with Crippen LogP contribution in [0.3, 0.4) is 0 Å². The lowest BCUT2D eigenvalue weighted by molar-refractivity contribution is -0.127. The lowest BCUT2D eigenvalue weighted by atomic mass is 10.1. The molecular formula is C19H21N3O3S. The van der Waals surface area contributed by atoms with E-state index in [2.05, 4.69) is 5.32 Å². The lowest BCUT2D eigenvalue weighted by Gasteiger charge is -2.15. The van der Waals surface area contributed by atoms with Gasteiger partial charge in [0.2, 0.25) is 11.8 Å². The fourth-order valence-electron chi connectivity index (χ4n) is 2.91. The molecule has 3 N–H and O–H groups in total. The molecule has 6 nitrogen and oxygen atoms in total. The van der Waals surface area contributed by atoms with E-state index in [-0.39, 0.29) is 11.8 Å². The van der Waals surface area contributed by atoms with Gasteiger partial charge in [-0.25, -0.2) is 0 Å². The van der Waals surface area contributed by atoms with E-state index >= 15 is 0 Å². The highest BCUT2D eigenvalue weighted by Gasteiger charge is 2.19. The van der Waals surface area contributed by atoms with Crippen molar-refractivity contribution in [3.63, 3.8) is 0 Å². The first-order chi connectivity index (χ1) is 12.5. The monoisotopic (exact) mass is 371 g/mol. The van der Waals surface area contributed by atoms with Crippen molar-refractivity contribution in [2.75, 3.05) is 19.6 Å². The summed E-state index contributed by atoms with van der Waals surface area (Å²) in [7, 11) is 0. The molecule has 0 saturated carbocycles. The van der Waals surface area contributed by atoms with Crippen LogP contribution in [-0.4, -0.2) is 42.3 Å². The number of hydrogen-bond donors (Lipinski definition) is 2. The number of carbonyl (C=O) groups is 3. The summed E-state index contributed by atoms with van der Waals surface area (Å²) in [6, 6.07) is 10.7. The van der Waals surface area contributed by atoms with Crippen molar-refractivity contribution in [2.45, 2.75) is 19.3 Å². The number of benzene rings is 1. The Labute approximate surface area is 156 Å². The fraction of sp³-hybridized carbons (Fsp3) is 0.316. The summed E-state index contributed by atoms with van der Waals surface area (Å²) in [6.45, 7) is 2.07. The van der Waals surface area contributed by atoms with Crippen molar-refractivity contribution in [3.05, 3.63) is 46.8 Å². The minimum absolute atomic E-state index is 0.109. The second-order valence-corrected chi connectivity index (χ2v) is 7.28. The highest BCUT2D eigenvalue weighted by molar-refractivity contribution is 7.17. The van der Waals surface area contributed by atoms with Crippen LogP contribution in [0, 0.1) is 0 Å². The third-order valence-electron chi connectivity index (χ3n) is 4.35. The van der Waals surface area contributed by atoms with E-state index < -0.39 is 5.91 Å². The molecule has 1 aliphatic heterocycles. The van der Waals surface area contributed by atoms with Crippen LogP contribution in [0.2, 0.25) is 0 Å². The Bertz CT molecular complexity index is 814. The van der Waals surface area contributed by atoms with Crippen molar-refractivity contribution in [1.82, 2.24) is 10.2 Å². The number of amides is 3. The zero-order valence-electron chi connectivity index (χ0n) is 14.4. The molecular weight excluding hydrogens is 350 g/mol. The largest absolute Gasteiger partial charge is 0.366 e. The molecule has 0 aliphatic carbocycles. The zero-order valence-corrected chi connectivity index (χ0v) is 15.2. The highest BCUT2D eigenvalue weighted by Crippen LogP contribution is 2.28. The fourth-order valence-corrected chi connectivity index (χ4v) is 3.84. The first kappa shape index (κ1) is 18.1. The zero-order chi connectivity index (χ0) is 18.5. The Balaban J connectivity index is 1.51. The van der Waals surface area contributed by atoms with Gasteiger partial charge in [0, 0.05) is 36.5 Å². The predicted molar refractivity (Wildman–Crippen MR) is 101 cm³/mol. The summed E-state index contributed by atoms with van der Waals surface area (Å²) in [6.07, 6.45) is 2.33. The quantitative estimate of drug-likeness (QED) is 0.731. The minimum Gasteiger partial charge on any atom is -0.366 e. The summed E-state index contributed by atoms with van der Waals surface area (Å²) < 4.78 is 0. The molecule has 0 radical (unpaired) electrons. The third-order valence-corrected chi connectivity index (χ3v) is 5.48. The molecule has 1 aromatic heterocycles. The number of hydrogen-bond acceptors (Lipinski definition) is 4. The van der Waals surface area contributed by atoms with Gasteiger partial charge in [-0.1, -0.05) is 12.1 Å². The molecule has 1 aromatic carbocycles. The van der Waals surface area contributed by atoms with Crippen LogP contribution in [0.15, 0.2) is 36.4 Å². The summed E-state index contributed by atoms with van der Waals surface area (Å²) in [4.78, 5) is 38.3. The third kappa shape index (κ3) is 4.29. The van der Waals surface area contributed by atoms with E-state index in [0.717, 1.165) is 29.8 Å². The predicted octanol–water partition coefficient (Wildman–Crippen LogP) is 2.26. The van der Waals surface area contributed by atoms with Crippen molar-refractivity contribution in [2.24, 2.45) is 5.73 Å². The first-order valence-corrected chi connectivity index (χ1v) is 9.42. The summed E-state index contributed by atoms with van der Waals surface area (Å²) in [5.41, 5.74) is 6.64. The Morgan fingerprint density at radius 2 is 1.92 bits per heavy atom. The average molecular weight is 371 g/mol. The van der Waals surface area contributed by atoms with Gasteiger partial charge in [-0.2, -0.15) is 0 Å². The molecule has 136 valence electrons. The molecule has 1 aliphatic rings. The molecule has 0 unspecified atom stereocenters. The molecule has 26 heavy (non-hydrogen) atoms. The second-order valence-electron chi connectivity index (χ2n) is 6.20.